The molecule has 0 unspecified atom stereocenters. The van der Waals surface area contributed by atoms with Crippen LogP contribution in [0.3, 0.4) is 0 Å². The van der Waals surface area contributed by atoms with Gasteiger partial charge in [0.05, 0.1) is 16.7 Å². The van der Waals surface area contributed by atoms with Gasteiger partial charge in [0.1, 0.15) is 0 Å². The summed E-state index contributed by atoms with van der Waals surface area (Å²) in [5.74, 6) is -0.326. The Morgan fingerprint density at radius 3 is 2.07 bits per heavy atom. The maximum atomic E-state index is 12.2. The monoisotopic (exact) mass is 418 g/mol. The number of aryl methyl sites for hydroxylation is 1. The molecule has 0 radical (unpaired) electrons. The van der Waals surface area contributed by atoms with Gasteiger partial charge in [0.2, 0.25) is 5.96 Å². The quantitative estimate of drug-likeness (QED) is 0.262. The number of guanidine groups is 1. The van der Waals surface area contributed by atoms with Crippen LogP contribution >= 0.6 is 0 Å². The number of alkyl halides is 3. The van der Waals surface area contributed by atoms with Gasteiger partial charge in [-0.25, -0.2) is 5.48 Å². The molecule has 8 nitrogen and oxygen atoms in total. The molecular formula is C16H17F3N4O4S. The second-order valence-electron chi connectivity index (χ2n) is 5.25. The third-order valence-electron chi connectivity index (χ3n) is 3.04. The van der Waals surface area contributed by atoms with Crippen LogP contribution in [0.1, 0.15) is 16.7 Å². The normalized spacial score (nSPS) is 12.4. The molecular weight excluding hydrogens is 401 g/mol. The molecule has 0 saturated heterocycles. The summed E-state index contributed by atoms with van der Waals surface area (Å²) in [6, 6.07) is 10.3. The zero-order valence-corrected chi connectivity index (χ0v) is 15.2. The van der Waals surface area contributed by atoms with E-state index in [1.807, 2.05) is 6.92 Å². The zero-order chi connectivity index (χ0) is 21.4. The van der Waals surface area contributed by atoms with Crippen LogP contribution in [0.15, 0.2) is 63.6 Å². The predicted molar refractivity (Wildman–Crippen MR) is 96.6 cm³/mol. The van der Waals surface area contributed by atoms with E-state index in [4.69, 9.17) is 15.5 Å². The van der Waals surface area contributed by atoms with Crippen LogP contribution in [0.5, 0.6) is 0 Å². The van der Waals surface area contributed by atoms with Crippen LogP contribution in [0.2, 0.25) is 0 Å². The highest BCUT2D eigenvalue weighted by Gasteiger charge is 2.29. The number of nitrogens with zero attached hydrogens (tertiary/aromatic N) is 2. The number of nitrogens with two attached hydrogens (primary N) is 1. The van der Waals surface area contributed by atoms with Gasteiger partial charge in [0.25, 0.3) is 10.1 Å². The molecule has 0 aliphatic rings. The molecule has 0 saturated carbocycles. The molecule has 0 fully saturated rings. The highest BCUT2D eigenvalue weighted by Crippen LogP contribution is 2.28. The number of hydrogen-bond acceptors (Lipinski definition) is 5. The van der Waals surface area contributed by atoms with Gasteiger partial charge in [0, 0.05) is 0 Å². The summed E-state index contributed by atoms with van der Waals surface area (Å²) in [6.07, 6.45) is -3.16. The number of hydroxylamine groups is 1. The number of nitrogens with one attached hydrogen (secondary N) is 1. The first-order valence-electron chi connectivity index (χ1n) is 7.41. The molecule has 2 rings (SSSR count). The highest BCUT2D eigenvalue weighted by molar-refractivity contribution is 7.85. The Morgan fingerprint density at radius 2 is 1.64 bits per heavy atom. The van der Waals surface area contributed by atoms with Crippen molar-refractivity contribution in [3.05, 3.63) is 65.2 Å². The molecule has 0 aliphatic carbocycles. The van der Waals surface area contributed by atoms with E-state index in [0.717, 1.165) is 17.7 Å². The van der Waals surface area contributed by atoms with E-state index in [2.05, 4.69) is 10.2 Å². The molecule has 0 aliphatic heterocycles. The van der Waals surface area contributed by atoms with Crippen molar-refractivity contribution in [3.8, 4) is 0 Å². The lowest BCUT2D eigenvalue weighted by atomic mass is 10.1. The summed E-state index contributed by atoms with van der Waals surface area (Å²) in [5.41, 5.74) is 7.23. The Balaban J connectivity index is 0.000000307. The smallest absolute Gasteiger partial charge is 0.367 e. The molecule has 0 amide bonds. The largest absolute Gasteiger partial charge is 0.416 e. The van der Waals surface area contributed by atoms with Crippen molar-refractivity contribution in [1.29, 1.82) is 0 Å². The van der Waals surface area contributed by atoms with Gasteiger partial charge in [0.15, 0.2) is 0 Å². The number of hydrogen-bond donors (Lipinski definition) is 4. The summed E-state index contributed by atoms with van der Waals surface area (Å²) >= 11 is 0. The van der Waals surface area contributed by atoms with Crippen LogP contribution in [-0.4, -0.2) is 30.4 Å². The lowest BCUT2D eigenvalue weighted by molar-refractivity contribution is -0.137. The van der Waals surface area contributed by atoms with Crippen molar-refractivity contribution in [3.63, 3.8) is 0 Å². The summed E-state index contributed by atoms with van der Waals surface area (Å²) in [4.78, 5) is -0.0666. The van der Waals surface area contributed by atoms with Gasteiger partial charge < -0.3 is 5.73 Å². The summed E-state index contributed by atoms with van der Waals surface area (Å²) in [7, 11) is -4.02. The maximum Gasteiger partial charge on any atom is 0.416 e. The summed E-state index contributed by atoms with van der Waals surface area (Å²) < 4.78 is 66.2. The molecule has 0 atom stereocenters. The molecule has 12 heteroatoms. The van der Waals surface area contributed by atoms with Crippen molar-refractivity contribution in [2.24, 2.45) is 15.9 Å². The maximum absolute atomic E-state index is 12.2. The van der Waals surface area contributed by atoms with Gasteiger partial charge >= 0.3 is 6.18 Å². The molecule has 0 aromatic heterocycles. The lowest BCUT2D eigenvalue weighted by Crippen LogP contribution is -2.27. The molecule has 5 N–H and O–H groups in total. The standard InChI is InChI=1S/C9H9F3N4O.C7H8O3S/c10-9(11,12)7-3-1-6(2-4-7)5-14-15-8(13)16-17;1-6-2-4-7(5-3-6)11(8,9)10/h1-5,17H,(H3,13,15,16);2-5H,1H3,(H,8,9,10)/b14-5+;. The fourth-order valence-electron chi connectivity index (χ4n) is 1.65. The first-order valence-corrected chi connectivity index (χ1v) is 8.85. The minimum atomic E-state index is -4.36. The highest BCUT2D eigenvalue weighted by atomic mass is 32.2. The average molecular weight is 418 g/mol. The molecule has 28 heavy (non-hydrogen) atoms. The van der Waals surface area contributed by atoms with Crippen molar-refractivity contribution < 1.29 is 31.3 Å². The first kappa shape index (κ1) is 23.1. The summed E-state index contributed by atoms with van der Waals surface area (Å²) in [6.45, 7) is 1.84. The Bertz CT molecular complexity index is 926. The van der Waals surface area contributed by atoms with Gasteiger partial charge in [-0.05, 0) is 36.8 Å². The van der Waals surface area contributed by atoms with E-state index in [1.54, 1.807) is 17.6 Å². The molecule has 152 valence electrons. The van der Waals surface area contributed by atoms with Crippen LogP contribution in [0, 0.1) is 6.92 Å². The van der Waals surface area contributed by atoms with Crippen LogP contribution < -0.4 is 11.2 Å². The van der Waals surface area contributed by atoms with Gasteiger partial charge in [-0.3, -0.25) is 9.76 Å². The molecule has 0 heterocycles. The second kappa shape index (κ2) is 9.82. The third-order valence-corrected chi connectivity index (χ3v) is 3.91. The molecule has 2 aromatic rings. The van der Waals surface area contributed by atoms with Crippen LogP contribution in [-0.2, 0) is 16.3 Å². The third kappa shape index (κ3) is 8.16. The Morgan fingerprint density at radius 1 is 1.11 bits per heavy atom. The van der Waals surface area contributed by atoms with E-state index < -0.39 is 21.9 Å². The van der Waals surface area contributed by atoms with Crippen molar-refractivity contribution in [2.75, 3.05) is 0 Å². The fraction of sp³-hybridized carbons (Fsp3) is 0.125. The number of halogens is 3. The molecule has 2 aromatic carbocycles. The Hall–Kier alpha value is -2.96. The molecule has 0 spiro atoms. The first-order chi connectivity index (χ1) is 12.9. The minimum absolute atomic E-state index is 0.0666. The van der Waals surface area contributed by atoms with Crippen LogP contribution in [0.25, 0.3) is 0 Å². The van der Waals surface area contributed by atoms with E-state index >= 15 is 0 Å². The average Bonchev–Trinajstić information content (AvgIpc) is 2.61. The van der Waals surface area contributed by atoms with Crippen LogP contribution in [0.4, 0.5) is 13.2 Å². The van der Waals surface area contributed by atoms with Crippen molar-refractivity contribution in [1.82, 2.24) is 5.48 Å². The predicted octanol–water partition coefficient (Wildman–Crippen LogP) is 2.57. The van der Waals surface area contributed by atoms with Gasteiger partial charge in [-0.1, -0.05) is 29.8 Å². The van der Waals surface area contributed by atoms with E-state index in [-0.39, 0.29) is 10.9 Å². The zero-order valence-electron chi connectivity index (χ0n) is 14.4. The van der Waals surface area contributed by atoms with E-state index in [1.165, 1.54) is 30.5 Å². The number of rotatable bonds is 3. The van der Waals surface area contributed by atoms with Gasteiger partial charge in [-0.2, -0.15) is 26.7 Å². The minimum Gasteiger partial charge on any atom is -0.367 e. The van der Waals surface area contributed by atoms with E-state index in [0.29, 0.717) is 5.56 Å². The molecule has 0 bridgehead atoms. The topological polar surface area (TPSA) is 137 Å². The van der Waals surface area contributed by atoms with Crippen molar-refractivity contribution in [2.45, 2.75) is 18.0 Å². The second-order valence-corrected chi connectivity index (χ2v) is 6.67. The number of benzene rings is 2. The Labute approximate surface area is 158 Å². The van der Waals surface area contributed by atoms with Crippen molar-refractivity contribution >= 4 is 22.3 Å². The summed E-state index contributed by atoms with van der Waals surface area (Å²) in [5, 5.41) is 15.0. The lowest BCUT2D eigenvalue weighted by Gasteiger charge is -2.05. The van der Waals surface area contributed by atoms with Gasteiger partial charge in [-0.15, -0.1) is 5.10 Å². The fourth-order valence-corrected chi connectivity index (χ4v) is 2.13. The van der Waals surface area contributed by atoms with E-state index in [9.17, 15) is 21.6 Å². The Kier molecular flexibility index (Phi) is 8.10. The SMILES string of the molecule is Cc1ccc(S(=O)(=O)O)cc1.NC(=N/N=C/c1ccc(C(F)(F)F)cc1)NO.